The van der Waals surface area contributed by atoms with Gasteiger partial charge in [0.1, 0.15) is 0 Å². The van der Waals surface area contributed by atoms with E-state index >= 15 is 0 Å². The number of anilines is 1. The van der Waals surface area contributed by atoms with Gasteiger partial charge in [-0.25, -0.2) is 4.98 Å². The molecule has 5 nitrogen and oxygen atoms in total. The summed E-state index contributed by atoms with van der Waals surface area (Å²) in [5.41, 5.74) is 5.99. The first kappa shape index (κ1) is 15.8. The van der Waals surface area contributed by atoms with Crippen molar-refractivity contribution in [3.8, 4) is 0 Å². The van der Waals surface area contributed by atoms with E-state index < -0.39 is 0 Å². The molecule has 3 N–H and O–H groups in total. The number of rotatable bonds is 6. The number of aromatic nitrogens is 1. The Morgan fingerprint density at radius 3 is 2.86 bits per heavy atom. The molecule has 0 aromatic carbocycles. The highest BCUT2D eigenvalue weighted by Crippen LogP contribution is 2.49. The molecule has 3 atom stereocenters. The number of fused-ring (bicyclic) bond motifs is 2. The van der Waals surface area contributed by atoms with Gasteiger partial charge in [0.2, 0.25) is 11.8 Å². The van der Waals surface area contributed by atoms with Gasteiger partial charge in [-0.3, -0.25) is 9.59 Å². The predicted octanol–water partition coefficient (Wildman–Crippen LogP) is 2.79. The molecule has 2 saturated carbocycles. The molecule has 2 bridgehead atoms. The first-order valence-corrected chi connectivity index (χ1v) is 9.50. The molecule has 2 aliphatic carbocycles. The second-order valence-corrected chi connectivity index (χ2v) is 8.58. The molecule has 3 unspecified atom stereocenters. The highest BCUT2D eigenvalue weighted by Gasteiger charge is 2.40. The summed E-state index contributed by atoms with van der Waals surface area (Å²) in [6.45, 7) is 1.88. The number of thioether (sulfide) groups is 1. The van der Waals surface area contributed by atoms with Gasteiger partial charge in [-0.2, -0.15) is 0 Å². The fourth-order valence-electron chi connectivity index (χ4n) is 3.74. The van der Waals surface area contributed by atoms with Crippen molar-refractivity contribution >= 4 is 40.0 Å². The summed E-state index contributed by atoms with van der Waals surface area (Å²) in [5, 5.41) is 3.54. The summed E-state index contributed by atoms with van der Waals surface area (Å²) in [4.78, 5) is 27.4. The van der Waals surface area contributed by atoms with Crippen LogP contribution in [0, 0.1) is 24.7 Å². The van der Waals surface area contributed by atoms with Gasteiger partial charge in [0.05, 0.1) is 15.7 Å². The van der Waals surface area contributed by atoms with Gasteiger partial charge in [-0.05, 0) is 43.9 Å². The zero-order chi connectivity index (χ0) is 15.7. The molecular formula is C15H21N3O2S2. The van der Waals surface area contributed by atoms with Gasteiger partial charge in [0.15, 0.2) is 5.13 Å². The van der Waals surface area contributed by atoms with Crippen LogP contribution in [0.15, 0.2) is 4.21 Å². The molecule has 2 amide bonds. The molecule has 2 aliphatic rings. The maximum absolute atomic E-state index is 12.2. The van der Waals surface area contributed by atoms with E-state index in [0.29, 0.717) is 17.5 Å². The first-order valence-electron chi connectivity index (χ1n) is 7.69. The number of thiazole rings is 1. The Balaban J connectivity index is 1.53. The molecular weight excluding hydrogens is 318 g/mol. The third-order valence-corrected chi connectivity index (χ3v) is 7.14. The van der Waals surface area contributed by atoms with E-state index in [1.165, 1.54) is 48.8 Å². The third kappa shape index (κ3) is 3.63. The number of primary amides is 1. The quantitative estimate of drug-likeness (QED) is 0.781. The molecule has 22 heavy (non-hydrogen) atoms. The minimum absolute atomic E-state index is 0.0674. The number of aryl methyl sites for hydroxylation is 1. The molecule has 1 heterocycles. The number of hydrogen-bond acceptors (Lipinski definition) is 5. The molecule has 0 spiro atoms. The summed E-state index contributed by atoms with van der Waals surface area (Å²) in [6, 6.07) is 0. The topological polar surface area (TPSA) is 85.1 Å². The highest BCUT2D eigenvalue weighted by atomic mass is 32.2. The number of carbonyl (C=O) groups excluding carboxylic acids is 2. The van der Waals surface area contributed by atoms with Gasteiger partial charge in [0.25, 0.3) is 0 Å². The van der Waals surface area contributed by atoms with Gasteiger partial charge < -0.3 is 11.1 Å². The average Bonchev–Trinajstić information content (AvgIpc) is 3.12. The number of amides is 2. The lowest BCUT2D eigenvalue weighted by molar-refractivity contribution is -0.117. The Hall–Kier alpha value is -1.08. The number of nitrogens with two attached hydrogens (primary N) is 1. The highest BCUT2D eigenvalue weighted by molar-refractivity contribution is 8.01. The first-order chi connectivity index (χ1) is 10.5. The molecule has 3 rings (SSSR count). The minimum atomic E-state index is -0.348. The van der Waals surface area contributed by atoms with Crippen molar-refractivity contribution in [1.82, 2.24) is 4.98 Å². The summed E-state index contributed by atoms with van der Waals surface area (Å²) >= 11 is 2.79. The Kier molecular flexibility index (Phi) is 4.73. The van der Waals surface area contributed by atoms with Crippen molar-refractivity contribution < 1.29 is 9.59 Å². The lowest BCUT2D eigenvalue weighted by atomic mass is 9.86. The van der Waals surface area contributed by atoms with Crippen molar-refractivity contribution in [2.24, 2.45) is 23.5 Å². The Morgan fingerprint density at radius 1 is 1.41 bits per heavy atom. The summed E-state index contributed by atoms with van der Waals surface area (Å²) in [6.07, 6.45) is 5.81. The van der Waals surface area contributed by atoms with Gasteiger partial charge in [-0.15, -0.1) is 11.8 Å². The fraction of sp³-hybridized carbons (Fsp3) is 0.667. The van der Waals surface area contributed by atoms with Crippen molar-refractivity contribution in [1.29, 1.82) is 0 Å². The van der Waals surface area contributed by atoms with Crippen LogP contribution < -0.4 is 11.1 Å². The van der Waals surface area contributed by atoms with Gasteiger partial charge in [-0.1, -0.05) is 17.8 Å². The summed E-state index contributed by atoms with van der Waals surface area (Å²) in [5.74, 6) is 2.14. The van der Waals surface area contributed by atoms with E-state index in [4.69, 9.17) is 5.73 Å². The lowest BCUT2D eigenvalue weighted by Gasteiger charge is -2.20. The predicted molar refractivity (Wildman–Crippen MR) is 89.0 cm³/mol. The van der Waals surface area contributed by atoms with Crippen LogP contribution in [0.3, 0.4) is 0 Å². The summed E-state index contributed by atoms with van der Waals surface area (Å²) in [7, 11) is 0. The second-order valence-electron chi connectivity index (χ2n) is 6.33. The van der Waals surface area contributed by atoms with E-state index in [0.717, 1.165) is 21.7 Å². The monoisotopic (exact) mass is 339 g/mol. The third-order valence-electron chi connectivity index (χ3n) is 4.68. The molecule has 1 aromatic rings. The van der Waals surface area contributed by atoms with Crippen LogP contribution in [0.25, 0.3) is 0 Å². The SMILES string of the molecule is Cc1nc(NC(=O)CC2CC3CCC2C3)sc1SCC(N)=O. The van der Waals surface area contributed by atoms with E-state index in [-0.39, 0.29) is 17.6 Å². The summed E-state index contributed by atoms with van der Waals surface area (Å²) < 4.78 is 0.939. The van der Waals surface area contributed by atoms with E-state index in [9.17, 15) is 9.59 Å². The Labute approximate surface area is 138 Å². The molecule has 7 heteroatoms. The molecule has 120 valence electrons. The van der Waals surface area contributed by atoms with Crippen molar-refractivity contribution in [2.45, 2.75) is 43.2 Å². The van der Waals surface area contributed by atoms with Gasteiger partial charge in [0, 0.05) is 6.42 Å². The van der Waals surface area contributed by atoms with Crippen molar-refractivity contribution in [3.63, 3.8) is 0 Å². The van der Waals surface area contributed by atoms with E-state index in [1.807, 2.05) is 6.92 Å². The standard InChI is InChI=1S/C15H21N3O2S2/c1-8-14(21-7-12(16)19)22-15(17-8)18-13(20)6-11-5-9-2-3-10(11)4-9/h9-11H,2-7H2,1H3,(H2,16,19)(H,17,18,20). The number of nitrogens with one attached hydrogen (secondary N) is 1. The number of nitrogens with zero attached hydrogens (tertiary/aromatic N) is 1. The number of hydrogen-bond donors (Lipinski definition) is 2. The smallest absolute Gasteiger partial charge is 0.227 e. The van der Waals surface area contributed by atoms with Crippen LogP contribution in [0.1, 0.15) is 37.8 Å². The van der Waals surface area contributed by atoms with E-state index in [1.54, 1.807) is 0 Å². The van der Waals surface area contributed by atoms with Crippen LogP contribution in [-0.4, -0.2) is 22.6 Å². The fourth-order valence-corrected chi connectivity index (χ4v) is 5.63. The van der Waals surface area contributed by atoms with Crippen LogP contribution in [0.5, 0.6) is 0 Å². The maximum Gasteiger partial charge on any atom is 0.227 e. The van der Waals surface area contributed by atoms with Crippen molar-refractivity contribution in [2.75, 3.05) is 11.1 Å². The molecule has 0 radical (unpaired) electrons. The molecule has 0 aliphatic heterocycles. The molecule has 0 saturated heterocycles. The zero-order valence-electron chi connectivity index (χ0n) is 12.6. The maximum atomic E-state index is 12.2. The largest absolute Gasteiger partial charge is 0.369 e. The Bertz CT molecular complexity index is 587. The van der Waals surface area contributed by atoms with Crippen LogP contribution >= 0.6 is 23.1 Å². The zero-order valence-corrected chi connectivity index (χ0v) is 14.3. The lowest BCUT2D eigenvalue weighted by Crippen LogP contribution is -2.20. The molecule has 1 aromatic heterocycles. The van der Waals surface area contributed by atoms with Crippen LogP contribution in [-0.2, 0) is 9.59 Å². The van der Waals surface area contributed by atoms with Crippen LogP contribution in [0.2, 0.25) is 0 Å². The second kappa shape index (κ2) is 6.58. The normalized spacial score (nSPS) is 26.3. The average molecular weight is 339 g/mol. The Morgan fingerprint density at radius 2 is 2.23 bits per heavy atom. The molecule has 2 fully saturated rings. The van der Waals surface area contributed by atoms with Crippen LogP contribution in [0.4, 0.5) is 5.13 Å². The minimum Gasteiger partial charge on any atom is -0.369 e. The van der Waals surface area contributed by atoms with Crippen molar-refractivity contribution in [3.05, 3.63) is 5.69 Å². The van der Waals surface area contributed by atoms with Gasteiger partial charge >= 0.3 is 0 Å². The number of carbonyl (C=O) groups is 2. The van der Waals surface area contributed by atoms with E-state index in [2.05, 4.69) is 10.3 Å².